The van der Waals surface area contributed by atoms with Crippen LogP contribution in [0.15, 0.2) is 18.2 Å². The summed E-state index contributed by atoms with van der Waals surface area (Å²) in [6.07, 6.45) is 1.07. The van der Waals surface area contributed by atoms with Crippen LogP contribution in [0.25, 0.3) is 0 Å². The van der Waals surface area contributed by atoms with Crippen LogP contribution in [-0.2, 0) is 4.74 Å². The minimum Gasteiger partial charge on any atom is -0.497 e. The summed E-state index contributed by atoms with van der Waals surface area (Å²) in [6, 6.07) is 6.06. The van der Waals surface area contributed by atoms with E-state index in [1.807, 2.05) is 18.2 Å². The fourth-order valence-electron chi connectivity index (χ4n) is 2.56. The third-order valence-corrected chi connectivity index (χ3v) is 3.85. The van der Waals surface area contributed by atoms with Gasteiger partial charge in [0, 0.05) is 30.8 Å². The molecule has 0 aromatic heterocycles. The van der Waals surface area contributed by atoms with Gasteiger partial charge in [-0.05, 0) is 31.7 Å². The van der Waals surface area contributed by atoms with E-state index in [-0.39, 0.29) is 6.04 Å². The molecule has 0 aliphatic carbocycles. The minimum absolute atomic E-state index is 0.120. The van der Waals surface area contributed by atoms with Gasteiger partial charge in [-0.25, -0.2) is 0 Å². The molecule has 5 heteroatoms. The van der Waals surface area contributed by atoms with Crippen molar-refractivity contribution in [2.75, 3.05) is 41.0 Å². The third-order valence-electron chi connectivity index (χ3n) is 3.85. The van der Waals surface area contributed by atoms with Crippen molar-refractivity contribution in [1.29, 1.82) is 0 Å². The Morgan fingerprint density at radius 1 is 1.40 bits per heavy atom. The van der Waals surface area contributed by atoms with E-state index in [1.54, 1.807) is 14.2 Å². The van der Waals surface area contributed by atoms with E-state index in [9.17, 15) is 0 Å². The maximum atomic E-state index is 6.35. The second-order valence-corrected chi connectivity index (χ2v) is 5.17. The normalized spacial score (nSPS) is 20.1. The Morgan fingerprint density at radius 2 is 2.20 bits per heavy atom. The standard InChI is InChI=1S/C15H24N2O3/c1-17(11-6-7-20-10-11)9-14(16)13-8-12(18-2)4-5-15(13)19-3/h4-5,8,11,14H,6-7,9-10,16H2,1-3H3. The highest BCUT2D eigenvalue weighted by molar-refractivity contribution is 5.42. The van der Waals surface area contributed by atoms with Gasteiger partial charge in [-0.2, -0.15) is 0 Å². The zero-order chi connectivity index (χ0) is 14.5. The van der Waals surface area contributed by atoms with E-state index in [1.165, 1.54) is 0 Å². The van der Waals surface area contributed by atoms with E-state index < -0.39 is 0 Å². The number of benzene rings is 1. The molecular weight excluding hydrogens is 256 g/mol. The van der Waals surface area contributed by atoms with Gasteiger partial charge in [0.2, 0.25) is 0 Å². The summed E-state index contributed by atoms with van der Waals surface area (Å²) in [5, 5.41) is 0. The lowest BCUT2D eigenvalue weighted by atomic mass is 10.0. The fraction of sp³-hybridized carbons (Fsp3) is 0.600. The molecule has 2 unspecified atom stereocenters. The van der Waals surface area contributed by atoms with Crippen molar-refractivity contribution in [1.82, 2.24) is 4.90 Å². The average molecular weight is 280 g/mol. The molecular formula is C15H24N2O3. The SMILES string of the molecule is COc1ccc(OC)c(C(N)CN(C)C2CCOC2)c1. The van der Waals surface area contributed by atoms with Crippen LogP contribution >= 0.6 is 0 Å². The van der Waals surface area contributed by atoms with Crippen molar-refractivity contribution in [2.24, 2.45) is 5.73 Å². The van der Waals surface area contributed by atoms with E-state index in [4.69, 9.17) is 19.9 Å². The number of hydrogen-bond acceptors (Lipinski definition) is 5. The fourth-order valence-corrected chi connectivity index (χ4v) is 2.56. The highest BCUT2D eigenvalue weighted by Crippen LogP contribution is 2.29. The summed E-state index contributed by atoms with van der Waals surface area (Å²) in [5.74, 6) is 1.59. The number of nitrogens with two attached hydrogens (primary N) is 1. The van der Waals surface area contributed by atoms with Crippen LogP contribution in [0.5, 0.6) is 11.5 Å². The lowest BCUT2D eigenvalue weighted by Gasteiger charge is -2.27. The van der Waals surface area contributed by atoms with Gasteiger partial charge < -0.3 is 19.9 Å². The molecule has 0 bridgehead atoms. The molecule has 0 saturated carbocycles. The number of rotatable bonds is 6. The second kappa shape index (κ2) is 6.92. The van der Waals surface area contributed by atoms with Gasteiger partial charge in [-0.15, -0.1) is 0 Å². The summed E-state index contributed by atoms with van der Waals surface area (Å²) in [5.41, 5.74) is 7.32. The number of methoxy groups -OCH3 is 2. The highest BCUT2D eigenvalue weighted by Gasteiger charge is 2.23. The molecule has 0 spiro atoms. The van der Waals surface area contributed by atoms with E-state index >= 15 is 0 Å². The van der Waals surface area contributed by atoms with Crippen LogP contribution in [0.1, 0.15) is 18.0 Å². The van der Waals surface area contributed by atoms with Crippen molar-refractivity contribution in [3.8, 4) is 11.5 Å². The second-order valence-electron chi connectivity index (χ2n) is 5.17. The molecule has 1 aliphatic heterocycles. The predicted molar refractivity (Wildman–Crippen MR) is 78.3 cm³/mol. The molecule has 0 amide bonds. The van der Waals surface area contributed by atoms with Crippen molar-refractivity contribution < 1.29 is 14.2 Å². The first kappa shape index (κ1) is 15.1. The molecule has 1 aliphatic rings. The van der Waals surface area contributed by atoms with Gasteiger partial charge in [0.15, 0.2) is 0 Å². The molecule has 2 rings (SSSR count). The lowest BCUT2D eigenvalue weighted by molar-refractivity contribution is 0.155. The molecule has 20 heavy (non-hydrogen) atoms. The lowest BCUT2D eigenvalue weighted by Crippen LogP contribution is -2.37. The summed E-state index contributed by atoms with van der Waals surface area (Å²) < 4.78 is 16.1. The molecule has 1 saturated heterocycles. The van der Waals surface area contributed by atoms with E-state index in [0.717, 1.165) is 43.2 Å². The van der Waals surface area contributed by atoms with Crippen molar-refractivity contribution in [3.05, 3.63) is 23.8 Å². The van der Waals surface area contributed by atoms with Gasteiger partial charge in [0.05, 0.1) is 20.8 Å². The van der Waals surface area contributed by atoms with Crippen LogP contribution in [0.3, 0.4) is 0 Å². The summed E-state index contributed by atoms with van der Waals surface area (Å²) >= 11 is 0. The van der Waals surface area contributed by atoms with Crippen LogP contribution in [0.4, 0.5) is 0 Å². The molecule has 2 atom stereocenters. The zero-order valence-electron chi connectivity index (χ0n) is 12.5. The van der Waals surface area contributed by atoms with Gasteiger partial charge in [-0.1, -0.05) is 0 Å². The van der Waals surface area contributed by atoms with Gasteiger partial charge >= 0.3 is 0 Å². The van der Waals surface area contributed by atoms with E-state index in [2.05, 4.69) is 11.9 Å². The van der Waals surface area contributed by atoms with Crippen molar-refractivity contribution in [3.63, 3.8) is 0 Å². The summed E-state index contributed by atoms with van der Waals surface area (Å²) in [4.78, 5) is 2.26. The number of nitrogens with zero attached hydrogens (tertiary/aromatic N) is 1. The summed E-state index contributed by atoms with van der Waals surface area (Å²) in [6.45, 7) is 2.39. The minimum atomic E-state index is -0.120. The highest BCUT2D eigenvalue weighted by atomic mass is 16.5. The summed E-state index contributed by atoms with van der Waals surface area (Å²) in [7, 11) is 5.40. The molecule has 2 N–H and O–H groups in total. The first-order valence-corrected chi connectivity index (χ1v) is 6.91. The predicted octanol–water partition coefficient (Wildman–Crippen LogP) is 1.42. The number of hydrogen-bond donors (Lipinski definition) is 1. The third kappa shape index (κ3) is 3.42. The van der Waals surface area contributed by atoms with Crippen molar-refractivity contribution in [2.45, 2.75) is 18.5 Å². The Hall–Kier alpha value is -1.30. The molecule has 1 aromatic carbocycles. The maximum Gasteiger partial charge on any atom is 0.123 e. The Labute approximate surface area is 120 Å². The van der Waals surface area contributed by atoms with Crippen LogP contribution < -0.4 is 15.2 Å². The Balaban J connectivity index is 2.08. The Kier molecular flexibility index (Phi) is 5.23. The monoisotopic (exact) mass is 280 g/mol. The van der Waals surface area contributed by atoms with Crippen LogP contribution in [0.2, 0.25) is 0 Å². The largest absolute Gasteiger partial charge is 0.497 e. The van der Waals surface area contributed by atoms with Crippen LogP contribution in [-0.4, -0.2) is 52.0 Å². The van der Waals surface area contributed by atoms with Gasteiger partial charge in [-0.3, -0.25) is 4.90 Å². The first-order chi connectivity index (χ1) is 9.65. The van der Waals surface area contributed by atoms with E-state index in [0.29, 0.717) is 6.04 Å². The Morgan fingerprint density at radius 3 is 2.80 bits per heavy atom. The zero-order valence-corrected chi connectivity index (χ0v) is 12.5. The topological polar surface area (TPSA) is 57.0 Å². The molecule has 1 fully saturated rings. The van der Waals surface area contributed by atoms with Gasteiger partial charge in [0.1, 0.15) is 11.5 Å². The maximum absolute atomic E-state index is 6.35. The molecule has 0 radical (unpaired) electrons. The quantitative estimate of drug-likeness (QED) is 0.854. The first-order valence-electron chi connectivity index (χ1n) is 6.91. The molecule has 1 heterocycles. The number of likely N-dealkylation sites (N-methyl/N-ethyl adjacent to an activating group) is 1. The van der Waals surface area contributed by atoms with Gasteiger partial charge in [0.25, 0.3) is 0 Å². The van der Waals surface area contributed by atoms with Crippen LogP contribution in [0, 0.1) is 0 Å². The molecule has 5 nitrogen and oxygen atoms in total. The molecule has 112 valence electrons. The van der Waals surface area contributed by atoms with Crippen molar-refractivity contribution >= 4 is 0 Å². The smallest absolute Gasteiger partial charge is 0.123 e. The number of ether oxygens (including phenoxy) is 3. The Bertz CT molecular complexity index is 433. The average Bonchev–Trinajstić information content (AvgIpc) is 3.00. The molecule has 1 aromatic rings.